The first-order valence-corrected chi connectivity index (χ1v) is 8.54. The van der Waals surface area contributed by atoms with Gasteiger partial charge in [-0.3, -0.25) is 9.59 Å². The fourth-order valence-corrected chi connectivity index (χ4v) is 3.23. The van der Waals surface area contributed by atoms with Crippen LogP contribution in [-0.4, -0.2) is 45.7 Å². The molecule has 1 aromatic carbocycles. The van der Waals surface area contributed by atoms with Crippen molar-refractivity contribution in [1.82, 2.24) is 9.88 Å². The minimum absolute atomic E-state index is 0.114. The number of aromatic nitrogens is 1. The van der Waals surface area contributed by atoms with Crippen LogP contribution in [0, 0.1) is 6.92 Å². The normalized spacial score (nSPS) is 11.8. The number of carbonyl (C=O) groups excluding carboxylic acids is 2. The number of likely N-dealkylation sites (N-methyl/N-ethyl adjacent to an activating group) is 1. The molecular weight excluding hydrogens is 332 g/mol. The lowest BCUT2D eigenvalue weighted by Gasteiger charge is -2.25. The number of H-pyrrole nitrogens is 1. The van der Waals surface area contributed by atoms with E-state index < -0.39 is 17.9 Å². The Kier molecular flexibility index (Phi) is 5.97. The number of hydrogen-bond donors (Lipinski definition) is 2. The molecule has 2 aromatic rings. The van der Waals surface area contributed by atoms with Crippen molar-refractivity contribution in [3.63, 3.8) is 0 Å². The van der Waals surface area contributed by atoms with Crippen LogP contribution in [0.25, 0.3) is 0 Å². The molecule has 26 heavy (non-hydrogen) atoms. The average molecular weight is 356 g/mol. The summed E-state index contributed by atoms with van der Waals surface area (Å²) in [6.45, 7) is 5.07. The van der Waals surface area contributed by atoms with Gasteiger partial charge in [0.2, 0.25) is 0 Å². The Hall–Kier alpha value is -2.89. The number of ketones is 1. The van der Waals surface area contributed by atoms with Gasteiger partial charge in [-0.05, 0) is 31.4 Å². The lowest BCUT2D eigenvalue weighted by atomic mass is 10.0. The number of Topliss-reactive ketones (excluding diaryl/α,β-unsaturated/α-hetero) is 1. The minimum atomic E-state index is -1.07. The summed E-state index contributed by atoms with van der Waals surface area (Å²) in [5.41, 5.74) is 2.90. The van der Waals surface area contributed by atoms with Crippen LogP contribution >= 0.6 is 0 Å². The van der Waals surface area contributed by atoms with E-state index in [2.05, 4.69) is 4.98 Å². The molecule has 138 valence electrons. The summed E-state index contributed by atoms with van der Waals surface area (Å²) < 4.78 is 0. The summed E-state index contributed by atoms with van der Waals surface area (Å²) >= 11 is 0. The van der Waals surface area contributed by atoms with Crippen LogP contribution in [0.15, 0.2) is 30.3 Å². The van der Waals surface area contributed by atoms with Crippen molar-refractivity contribution in [3.05, 3.63) is 58.4 Å². The Balaban J connectivity index is 2.36. The van der Waals surface area contributed by atoms with E-state index in [1.54, 1.807) is 6.92 Å². The second kappa shape index (κ2) is 7.99. The summed E-state index contributed by atoms with van der Waals surface area (Å²) in [6.07, 6.45) is 0.712. The van der Waals surface area contributed by atoms with Gasteiger partial charge in [-0.15, -0.1) is 0 Å². The number of carbonyl (C=O) groups is 3. The predicted molar refractivity (Wildman–Crippen MR) is 98.6 cm³/mol. The molecule has 6 heteroatoms. The fraction of sp³-hybridized carbons (Fsp3) is 0.350. The number of aliphatic carboxylic acids is 1. The largest absolute Gasteiger partial charge is 0.480 e. The van der Waals surface area contributed by atoms with Crippen LogP contribution in [0.4, 0.5) is 0 Å². The van der Waals surface area contributed by atoms with Crippen LogP contribution in [0.5, 0.6) is 0 Å². The third-order valence-corrected chi connectivity index (χ3v) is 4.56. The van der Waals surface area contributed by atoms with Gasteiger partial charge in [-0.2, -0.15) is 0 Å². The first-order chi connectivity index (χ1) is 12.3. The molecule has 0 fully saturated rings. The first-order valence-electron chi connectivity index (χ1n) is 8.54. The van der Waals surface area contributed by atoms with Gasteiger partial charge in [-0.25, -0.2) is 4.79 Å². The number of aromatic amines is 1. The van der Waals surface area contributed by atoms with Gasteiger partial charge < -0.3 is 15.0 Å². The molecule has 0 saturated carbocycles. The molecule has 2 rings (SSSR count). The monoisotopic (exact) mass is 356 g/mol. The van der Waals surface area contributed by atoms with Crippen molar-refractivity contribution in [1.29, 1.82) is 0 Å². The fourth-order valence-electron chi connectivity index (χ4n) is 3.23. The summed E-state index contributed by atoms with van der Waals surface area (Å²) in [6, 6.07) is 8.18. The number of carboxylic acid groups (broad SMARTS) is 1. The Bertz CT molecular complexity index is 824. The van der Waals surface area contributed by atoms with Gasteiger partial charge in [0.15, 0.2) is 5.78 Å². The maximum Gasteiger partial charge on any atom is 0.326 e. The maximum absolute atomic E-state index is 13.0. The van der Waals surface area contributed by atoms with Gasteiger partial charge in [-0.1, -0.05) is 37.3 Å². The van der Waals surface area contributed by atoms with E-state index in [1.165, 1.54) is 18.9 Å². The van der Waals surface area contributed by atoms with Gasteiger partial charge >= 0.3 is 5.97 Å². The first kappa shape index (κ1) is 19.4. The highest BCUT2D eigenvalue weighted by Crippen LogP contribution is 2.22. The lowest BCUT2D eigenvalue weighted by Crippen LogP contribution is -2.44. The van der Waals surface area contributed by atoms with Gasteiger partial charge in [0, 0.05) is 24.7 Å². The smallest absolute Gasteiger partial charge is 0.326 e. The zero-order valence-corrected chi connectivity index (χ0v) is 15.5. The summed E-state index contributed by atoms with van der Waals surface area (Å²) in [5, 5.41) is 9.62. The molecule has 1 unspecified atom stereocenters. The van der Waals surface area contributed by atoms with E-state index in [9.17, 15) is 19.5 Å². The molecular formula is C20H24N2O4. The summed E-state index contributed by atoms with van der Waals surface area (Å²) in [4.78, 5) is 40.8. The van der Waals surface area contributed by atoms with E-state index in [-0.39, 0.29) is 17.9 Å². The molecule has 1 atom stereocenters. The topological polar surface area (TPSA) is 90.5 Å². The number of hydrogen-bond acceptors (Lipinski definition) is 3. The number of amides is 1. The van der Waals surface area contributed by atoms with Crippen LogP contribution in [-0.2, 0) is 17.6 Å². The molecule has 1 amide bonds. The predicted octanol–water partition coefficient (Wildman–Crippen LogP) is 2.86. The second-order valence-corrected chi connectivity index (χ2v) is 6.35. The van der Waals surface area contributed by atoms with Crippen LogP contribution in [0.3, 0.4) is 0 Å². The van der Waals surface area contributed by atoms with Crippen LogP contribution in [0.2, 0.25) is 0 Å². The second-order valence-electron chi connectivity index (χ2n) is 6.35. The molecule has 0 radical (unpaired) electrons. The van der Waals surface area contributed by atoms with E-state index in [0.717, 1.165) is 5.56 Å². The van der Waals surface area contributed by atoms with E-state index in [1.807, 2.05) is 37.3 Å². The van der Waals surface area contributed by atoms with Crippen molar-refractivity contribution in [2.24, 2.45) is 0 Å². The number of rotatable bonds is 7. The standard InChI is InChI=1S/C20H24N2O4/c1-5-15-17(13(3)23)12(2)21-18(15)19(24)22(4)16(20(25)26)11-14-9-7-6-8-10-14/h6-10,16,21H,5,11H2,1-4H3,(H,25,26). The summed E-state index contributed by atoms with van der Waals surface area (Å²) in [7, 11) is 1.48. The Morgan fingerprint density at radius 2 is 1.81 bits per heavy atom. The zero-order valence-electron chi connectivity index (χ0n) is 15.5. The highest BCUT2D eigenvalue weighted by atomic mass is 16.4. The third-order valence-electron chi connectivity index (χ3n) is 4.56. The molecule has 6 nitrogen and oxygen atoms in total. The number of benzene rings is 1. The SMILES string of the molecule is CCc1c(C(=O)N(C)C(Cc2ccccc2)C(=O)O)[nH]c(C)c1C(C)=O. The maximum atomic E-state index is 13.0. The molecule has 2 N–H and O–H groups in total. The summed E-state index contributed by atoms with van der Waals surface area (Å²) in [5.74, 6) is -1.62. The number of carboxylic acids is 1. The van der Waals surface area contributed by atoms with Gasteiger partial charge in [0.25, 0.3) is 5.91 Å². The van der Waals surface area contributed by atoms with Crippen molar-refractivity contribution in [2.45, 2.75) is 39.7 Å². The highest BCUT2D eigenvalue weighted by Gasteiger charge is 2.31. The molecule has 1 aromatic heterocycles. The van der Waals surface area contributed by atoms with E-state index >= 15 is 0 Å². The quantitative estimate of drug-likeness (QED) is 0.747. The Labute approximate surface area is 152 Å². The molecule has 0 aliphatic rings. The van der Waals surface area contributed by atoms with E-state index in [0.29, 0.717) is 23.2 Å². The van der Waals surface area contributed by atoms with Crippen LogP contribution < -0.4 is 0 Å². The zero-order chi connectivity index (χ0) is 19.4. The van der Waals surface area contributed by atoms with Crippen molar-refractivity contribution in [2.75, 3.05) is 7.05 Å². The van der Waals surface area contributed by atoms with Gasteiger partial charge in [0.05, 0.1) is 0 Å². The van der Waals surface area contributed by atoms with Crippen molar-refractivity contribution in [3.8, 4) is 0 Å². The lowest BCUT2D eigenvalue weighted by molar-refractivity contribution is -0.141. The molecule has 1 heterocycles. The minimum Gasteiger partial charge on any atom is -0.480 e. The van der Waals surface area contributed by atoms with E-state index in [4.69, 9.17) is 0 Å². The third kappa shape index (κ3) is 3.85. The van der Waals surface area contributed by atoms with Crippen molar-refractivity contribution < 1.29 is 19.5 Å². The average Bonchev–Trinajstić information content (AvgIpc) is 2.95. The Morgan fingerprint density at radius 1 is 1.19 bits per heavy atom. The molecule has 0 aliphatic heterocycles. The molecule has 0 bridgehead atoms. The Morgan fingerprint density at radius 3 is 2.31 bits per heavy atom. The molecule has 0 aliphatic carbocycles. The van der Waals surface area contributed by atoms with Crippen molar-refractivity contribution >= 4 is 17.7 Å². The molecule has 0 spiro atoms. The molecule has 0 saturated heterocycles. The number of aryl methyl sites for hydroxylation is 1. The highest BCUT2D eigenvalue weighted by molar-refractivity contribution is 6.03. The van der Waals surface area contributed by atoms with Crippen LogP contribution in [0.1, 0.15) is 51.5 Å². The number of nitrogens with one attached hydrogen (secondary N) is 1. The van der Waals surface area contributed by atoms with Gasteiger partial charge in [0.1, 0.15) is 11.7 Å². The number of nitrogens with zero attached hydrogens (tertiary/aromatic N) is 1.